The van der Waals surface area contributed by atoms with Crippen molar-refractivity contribution in [2.24, 2.45) is 0 Å². The highest BCUT2D eigenvalue weighted by molar-refractivity contribution is 6.76. The molecule has 1 heterocycles. The Labute approximate surface area is 232 Å². The van der Waals surface area contributed by atoms with Crippen LogP contribution in [0, 0.1) is 0 Å². The number of ether oxygens (including phenoxy) is 4. The zero-order valence-corrected chi connectivity index (χ0v) is 26.1. The first kappa shape index (κ1) is 30.9. The molecule has 0 aliphatic carbocycles. The van der Waals surface area contributed by atoms with Gasteiger partial charge < -0.3 is 33.6 Å². The minimum Gasteiger partial charge on any atom is -0.507 e. The largest absolute Gasteiger partial charge is 0.507 e. The zero-order chi connectivity index (χ0) is 28.8. The van der Waals surface area contributed by atoms with Gasteiger partial charge in [-0.15, -0.1) is 0 Å². The van der Waals surface area contributed by atoms with Gasteiger partial charge in [0, 0.05) is 58.0 Å². The number of aliphatic hydroxyl groups is 1. The lowest BCUT2D eigenvalue weighted by Crippen LogP contribution is -2.22. The second kappa shape index (κ2) is 13.1. The third kappa shape index (κ3) is 9.21. The molecule has 0 saturated heterocycles. The summed E-state index contributed by atoms with van der Waals surface area (Å²) in [6.07, 6.45) is -1.00. The van der Waals surface area contributed by atoms with Crippen LogP contribution >= 0.6 is 0 Å². The molecule has 0 aliphatic heterocycles. The van der Waals surface area contributed by atoms with Gasteiger partial charge in [0.05, 0.1) is 11.7 Å². The summed E-state index contributed by atoms with van der Waals surface area (Å²) in [5.41, 5.74) is 0.286. The first-order valence-corrected chi connectivity index (χ1v) is 20.7. The number of rotatable bonds is 14. The first-order valence-electron chi connectivity index (χ1n) is 13.3. The number of phenols is 1. The average Bonchev–Trinajstić information content (AvgIpc) is 2.81. The van der Waals surface area contributed by atoms with E-state index in [1.807, 2.05) is 0 Å². The summed E-state index contributed by atoms with van der Waals surface area (Å²) in [5.74, 6) is 0.722. The van der Waals surface area contributed by atoms with E-state index < -0.39 is 27.9 Å². The molecule has 2 N–H and O–H groups in total. The number of phenolic OH excluding ortho intramolecular Hbond substituents is 1. The van der Waals surface area contributed by atoms with Crippen LogP contribution in [0.5, 0.6) is 17.2 Å². The van der Waals surface area contributed by atoms with Crippen molar-refractivity contribution in [2.75, 3.05) is 26.8 Å². The predicted octanol–water partition coefficient (Wildman–Crippen LogP) is 6.60. The van der Waals surface area contributed by atoms with E-state index in [1.54, 1.807) is 37.3 Å². The Balaban J connectivity index is 1.79. The normalized spacial score (nSPS) is 13.0. The lowest BCUT2D eigenvalue weighted by molar-refractivity contribution is 0.0218. The Bertz CT molecular complexity index is 1310. The Kier molecular flexibility index (Phi) is 10.4. The van der Waals surface area contributed by atoms with Crippen LogP contribution in [0.1, 0.15) is 18.6 Å². The molecule has 3 aromatic rings. The molecule has 8 nitrogen and oxygen atoms in total. The lowest BCUT2D eigenvalue weighted by atomic mass is 9.94. The number of benzene rings is 2. The molecular formula is C29H42O8Si2. The third-order valence-corrected chi connectivity index (χ3v) is 9.59. The van der Waals surface area contributed by atoms with Crippen LogP contribution in [-0.4, -0.2) is 53.2 Å². The fourth-order valence-corrected chi connectivity index (χ4v) is 5.40. The number of aromatic hydroxyl groups is 1. The summed E-state index contributed by atoms with van der Waals surface area (Å²) in [4.78, 5) is 13.1. The van der Waals surface area contributed by atoms with E-state index in [1.165, 1.54) is 6.07 Å². The van der Waals surface area contributed by atoms with Crippen molar-refractivity contribution in [1.82, 2.24) is 0 Å². The SMILES string of the molecule is CC(O)c1c(-c2ccc(OCOCC[Si](C)(C)C)cc2O)c(=O)oc2cc(OCOCC[Si](C)(C)C)ccc12. The molecule has 0 aliphatic rings. The van der Waals surface area contributed by atoms with Crippen molar-refractivity contribution in [1.29, 1.82) is 0 Å². The second-order valence-electron chi connectivity index (χ2n) is 12.2. The van der Waals surface area contributed by atoms with E-state index >= 15 is 0 Å². The summed E-state index contributed by atoms with van der Waals surface area (Å²) >= 11 is 0. The molecule has 1 aromatic heterocycles. The summed E-state index contributed by atoms with van der Waals surface area (Å²) in [6, 6.07) is 11.8. The summed E-state index contributed by atoms with van der Waals surface area (Å²) < 4.78 is 28.1. The van der Waals surface area contributed by atoms with E-state index in [0.29, 0.717) is 35.7 Å². The van der Waals surface area contributed by atoms with Crippen LogP contribution in [0.4, 0.5) is 0 Å². The molecule has 2 aromatic carbocycles. The predicted molar refractivity (Wildman–Crippen MR) is 159 cm³/mol. The van der Waals surface area contributed by atoms with E-state index in [2.05, 4.69) is 39.3 Å². The average molecular weight is 575 g/mol. The summed E-state index contributed by atoms with van der Waals surface area (Å²) in [6.45, 7) is 16.6. The van der Waals surface area contributed by atoms with Crippen molar-refractivity contribution in [3.8, 4) is 28.4 Å². The van der Waals surface area contributed by atoms with Gasteiger partial charge in [-0.2, -0.15) is 0 Å². The van der Waals surface area contributed by atoms with Crippen LogP contribution < -0.4 is 15.1 Å². The fourth-order valence-electron chi connectivity index (χ4n) is 3.89. The van der Waals surface area contributed by atoms with Crippen molar-refractivity contribution in [2.45, 2.75) is 64.4 Å². The van der Waals surface area contributed by atoms with Crippen LogP contribution in [-0.2, 0) is 9.47 Å². The van der Waals surface area contributed by atoms with Crippen molar-refractivity contribution >= 4 is 27.1 Å². The molecule has 0 amide bonds. The monoisotopic (exact) mass is 574 g/mol. The molecule has 0 fully saturated rings. The van der Waals surface area contributed by atoms with Gasteiger partial charge in [-0.25, -0.2) is 4.79 Å². The first-order chi connectivity index (χ1) is 18.2. The Morgan fingerprint density at radius 2 is 1.38 bits per heavy atom. The van der Waals surface area contributed by atoms with Crippen LogP contribution in [0.3, 0.4) is 0 Å². The van der Waals surface area contributed by atoms with Gasteiger partial charge in [-0.3, -0.25) is 0 Å². The zero-order valence-electron chi connectivity index (χ0n) is 24.1. The molecule has 0 spiro atoms. The Morgan fingerprint density at radius 3 is 1.90 bits per heavy atom. The molecule has 1 atom stereocenters. The highest BCUT2D eigenvalue weighted by Crippen LogP contribution is 2.38. The molecule has 3 rings (SSSR count). The van der Waals surface area contributed by atoms with Gasteiger partial charge in [0.25, 0.3) is 0 Å². The Hall–Kier alpha value is -2.64. The van der Waals surface area contributed by atoms with Gasteiger partial charge in [-0.1, -0.05) is 39.3 Å². The molecule has 214 valence electrons. The van der Waals surface area contributed by atoms with E-state index in [4.69, 9.17) is 23.4 Å². The van der Waals surface area contributed by atoms with Crippen molar-refractivity contribution in [3.05, 3.63) is 52.4 Å². The highest BCUT2D eigenvalue weighted by Gasteiger charge is 2.23. The van der Waals surface area contributed by atoms with E-state index in [-0.39, 0.29) is 36.0 Å². The Morgan fingerprint density at radius 1 is 0.846 bits per heavy atom. The molecule has 0 saturated carbocycles. The van der Waals surface area contributed by atoms with Gasteiger partial charge in [0.15, 0.2) is 13.6 Å². The standard InChI is InChI=1S/C29H42O8Si2/c1-20(30)27-24-11-9-22(36-19-34-13-15-39(5,6)7)17-26(24)37-29(32)28(27)23-10-8-21(16-25(23)31)35-18-33-12-14-38(2,3)4/h8-11,16-17,20,30-31H,12-15,18-19H2,1-7H3. The number of hydrogen-bond donors (Lipinski definition) is 2. The van der Waals surface area contributed by atoms with Crippen molar-refractivity contribution in [3.63, 3.8) is 0 Å². The summed E-state index contributed by atoms with van der Waals surface area (Å²) in [5, 5.41) is 22.0. The highest BCUT2D eigenvalue weighted by atomic mass is 28.3. The number of fused-ring (bicyclic) bond motifs is 1. The maximum atomic E-state index is 13.1. The van der Waals surface area contributed by atoms with Crippen molar-refractivity contribution < 1.29 is 33.6 Å². The molecule has 0 radical (unpaired) electrons. The topological polar surface area (TPSA) is 108 Å². The van der Waals surface area contributed by atoms with Crippen LogP contribution in [0.2, 0.25) is 51.4 Å². The van der Waals surface area contributed by atoms with Crippen LogP contribution in [0.25, 0.3) is 22.1 Å². The fraction of sp³-hybridized carbons (Fsp3) is 0.483. The molecule has 1 unspecified atom stereocenters. The summed E-state index contributed by atoms with van der Waals surface area (Å²) in [7, 11) is -2.37. The lowest BCUT2D eigenvalue weighted by Gasteiger charge is -2.17. The van der Waals surface area contributed by atoms with Gasteiger partial charge in [0.2, 0.25) is 0 Å². The van der Waals surface area contributed by atoms with E-state index in [0.717, 1.165) is 12.1 Å². The third-order valence-electron chi connectivity index (χ3n) is 6.19. The molecule has 39 heavy (non-hydrogen) atoms. The molecular weight excluding hydrogens is 532 g/mol. The minimum atomic E-state index is -1.19. The molecule has 0 bridgehead atoms. The molecule has 10 heteroatoms. The van der Waals surface area contributed by atoms with Crippen LogP contribution in [0.15, 0.2) is 45.6 Å². The number of aliphatic hydroxyl groups excluding tert-OH is 1. The maximum Gasteiger partial charge on any atom is 0.344 e. The second-order valence-corrected chi connectivity index (χ2v) is 23.4. The smallest absolute Gasteiger partial charge is 0.344 e. The van der Waals surface area contributed by atoms with Gasteiger partial charge in [0.1, 0.15) is 22.8 Å². The number of hydrogen-bond acceptors (Lipinski definition) is 8. The van der Waals surface area contributed by atoms with E-state index in [9.17, 15) is 15.0 Å². The quantitative estimate of drug-likeness (QED) is 0.0960. The minimum absolute atomic E-state index is 0.0636. The maximum absolute atomic E-state index is 13.1. The van der Waals surface area contributed by atoms with Gasteiger partial charge >= 0.3 is 5.63 Å². The van der Waals surface area contributed by atoms with Gasteiger partial charge in [-0.05, 0) is 43.3 Å².